The predicted molar refractivity (Wildman–Crippen MR) is 104 cm³/mol. The van der Waals surface area contributed by atoms with Crippen LogP contribution >= 0.6 is 15.9 Å². The summed E-state index contributed by atoms with van der Waals surface area (Å²) in [5.41, 5.74) is -0.0807. The van der Waals surface area contributed by atoms with Crippen molar-refractivity contribution in [1.82, 2.24) is 9.88 Å². The van der Waals surface area contributed by atoms with Gasteiger partial charge >= 0.3 is 6.09 Å². The second-order valence-corrected chi connectivity index (χ2v) is 9.68. The number of hydrogen-bond donors (Lipinski definition) is 1. The Morgan fingerprint density at radius 3 is 2.27 bits per heavy atom. The van der Waals surface area contributed by atoms with Gasteiger partial charge in [0.15, 0.2) is 0 Å². The molecule has 0 atom stereocenters. The molecule has 0 radical (unpaired) electrons. The van der Waals surface area contributed by atoms with Crippen LogP contribution < -0.4 is 0 Å². The minimum atomic E-state index is -0.777. The predicted octanol–water partition coefficient (Wildman–Crippen LogP) is 4.62. The SMILES string of the molecule is CC(C)(C)OC(=O)N1CCC2(CC1)CCC(O)(c1ccc(Br)nc1)CC2. The standard InChI is InChI=1S/C20H29BrN2O3/c1-18(2,3)26-17(24)23-12-10-19(11-13-23)6-8-20(25,9-7-19)15-4-5-16(21)22-14-15/h4-5,14,25H,6-13H2,1-3H3. The number of carbonyl (C=O) groups is 1. The lowest BCUT2D eigenvalue weighted by molar-refractivity contribution is -0.0584. The molecule has 1 saturated carbocycles. The van der Waals surface area contributed by atoms with Crippen LogP contribution in [-0.4, -0.2) is 39.8 Å². The highest BCUT2D eigenvalue weighted by Crippen LogP contribution is 2.50. The minimum Gasteiger partial charge on any atom is -0.444 e. The maximum atomic E-state index is 12.3. The van der Waals surface area contributed by atoms with Crippen molar-refractivity contribution in [3.8, 4) is 0 Å². The number of carbonyl (C=O) groups excluding carboxylic acids is 1. The molecule has 5 nitrogen and oxygen atoms in total. The van der Waals surface area contributed by atoms with Crippen LogP contribution in [0.3, 0.4) is 0 Å². The number of hydrogen-bond acceptors (Lipinski definition) is 4. The lowest BCUT2D eigenvalue weighted by Crippen LogP contribution is -2.47. The maximum Gasteiger partial charge on any atom is 0.410 e. The van der Waals surface area contributed by atoms with E-state index < -0.39 is 11.2 Å². The number of halogens is 1. The Kier molecular flexibility index (Phi) is 5.37. The molecule has 2 aliphatic rings. The van der Waals surface area contributed by atoms with Crippen LogP contribution in [0.25, 0.3) is 0 Å². The summed E-state index contributed by atoms with van der Waals surface area (Å²) in [7, 11) is 0. The number of piperidine rings is 1. The second kappa shape index (κ2) is 7.12. The first kappa shape index (κ1) is 19.6. The molecule has 1 aromatic heterocycles. The molecule has 1 aromatic rings. The first-order valence-electron chi connectivity index (χ1n) is 9.43. The second-order valence-electron chi connectivity index (χ2n) is 8.87. The fourth-order valence-corrected chi connectivity index (χ4v) is 4.36. The quantitative estimate of drug-likeness (QED) is 0.667. The highest BCUT2D eigenvalue weighted by Gasteiger charge is 2.44. The molecular weight excluding hydrogens is 396 g/mol. The highest BCUT2D eigenvalue weighted by atomic mass is 79.9. The van der Waals surface area contributed by atoms with E-state index in [-0.39, 0.29) is 11.5 Å². The Morgan fingerprint density at radius 1 is 1.15 bits per heavy atom. The van der Waals surface area contributed by atoms with E-state index in [0.29, 0.717) is 0 Å². The molecule has 2 heterocycles. The van der Waals surface area contributed by atoms with Crippen molar-refractivity contribution in [3.05, 3.63) is 28.5 Å². The summed E-state index contributed by atoms with van der Waals surface area (Å²) in [6, 6.07) is 3.84. The molecule has 1 amide bonds. The Labute approximate surface area is 164 Å². The lowest BCUT2D eigenvalue weighted by atomic mass is 9.63. The third kappa shape index (κ3) is 4.39. The number of aliphatic hydroxyl groups is 1. The molecule has 0 aromatic carbocycles. The summed E-state index contributed by atoms with van der Waals surface area (Å²) < 4.78 is 6.27. The van der Waals surface area contributed by atoms with Crippen LogP contribution in [0.1, 0.15) is 64.9 Å². The lowest BCUT2D eigenvalue weighted by Gasteiger charge is -2.48. The van der Waals surface area contributed by atoms with Gasteiger partial charge in [-0.3, -0.25) is 0 Å². The smallest absolute Gasteiger partial charge is 0.410 e. The number of pyridine rings is 1. The summed E-state index contributed by atoms with van der Waals surface area (Å²) in [5, 5.41) is 11.1. The Hall–Kier alpha value is -1.14. The first-order chi connectivity index (χ1) is 12.1. The molecule has 0 unspecified atom stereocenters. The number of ether oxygens (including phenoxy) is 1. The zero-order chi connectivity index (χ0) is 19.0. The van der Waals surface area contributed by atoms with Crippen molar-refractivity contribution < 1.29 is 14.6 Å². The van der Waals surface area contributed by atoms with Gasteiger partial charge in [0.25, 0.3) is 0 Å². The van der Waals surface area contributed by atoms with Crippen LogP contribution in [0.2, 0.25) is 0 Å². The van der Waals surface area contributed by atoms with Crippen LogP contribution in [0.5, 0.6) is 0 Å². The molecule has 144 valence electrons. The Morgan fingerprint density at radius 2 is 1.77 bits per heavy atom. The zero-order valence-electron chi connectivity index (χ0n) is 15.9. The van der Waals surface area contributed by atoms with Crippen LogP contribution in [0, 0.1) is 5.41 Å². The van der Waals surface area contributed by atoms with Gasteiger partial charge in [0, 0.05) is 24.8 Å². The third-order valence-corrected chi connectivity index (χ3v) is 6.35. The maximum absolute atomic E-state index is 12.3. The van der Waals surface area contributed by atoms with Gasteiger partial charge in [-0.05, 0) is 86.7 Å². The van der Waals surface area contributed by atoms with Crippen molar-refractivity contribution in [2.24, 2.45) is 5.41 Å². The van der Waals surface area contributed by atoms with E-state index in [1.54, 1.807) is 6.20 Å². The average molecular weight is 425 g/mol. The van der Waals surface area contributed by atoms with Gasteiger partial charge in [-0.15, -0.1) is 0 Å². The van der Waals surface area contributed by atoms with Gasteiger partial charge < -0.3 is 14.7 Å². The fourth-order valence-electron chi connectivity index (χ4n) is 4.12. The van der Waals surface area contributed by atoms with Gasteiger partial charge in [0.05, 0.1) is 5.60 Å². The van der Waals surface area contributed by atoms with Crippen LogP contribution in [0.4, 0.5) is 4.79 Å². The average Bonchev–Trinajstić information content (AvgIpc) is 2.58. The molecule has 0 bridgehead atoms. The monoisotopic (exact) mass is 424 g/mol. The largest absolute Gasteiger partial charge is 0.444 e. The molecule has 6 heteroatoms. The molecule has 1 aliphatic carbocycles. The summed E-state index contributed by atoms with van der Waals surface area (Å²) in [6.45, 7) is 7.18. The summed E-state index contributed by atoms with van der Waals surface area (Å²) in [5.74, 6) is 0. The van der Waals surface area contributed by atoms with Crippen molar-refractivity contribution in [2.45, 2.75) is 70.5 Å². The normalized spacial score (nSPS) is 22.3. The van der Waals surface area contributed by atoms with E-state index in [2.05, 4.69) is 20.9 Å². The van der Waals surface area contributed by atoms with E-state index in [1.165, 1.54) is 0 Å². The van der Waals surface area contributed by atoms with E-state index >= 15 is 0 Å². The Balaban J connectivity index is 1.57. The summed E-state index contributed by atoms with van der Waals surface area (Å²) in [6.07, 6.45) is 7.02. The molecular formula is C20H29BrN2O3. The first-order valence-corrected chi connectivity index (χ1v) is 10.2. The van der Waals surface area contributed by atoms with E-state index in [1.807, 2.05) is 37.8 Å². The zero-order valence-corrected chi connectivity index (χ0v) is 17.5. The molecule has 26 heavy (non-hydrogen) atoms. The van der Waals surface area contributed by atoms with Gasteiger partial charge in [-0.2, -0.15) is 0 Å². The van der Waals surface area contributed by atoms with Crippen LogP contribution in [0.15, 0.2) is 22.9 Å². The van der Waals surface area contributed by atoms with Gasteiger partial charge in [0.1, 0.15) is 10.2 Å². The molecule has 1 spiro atoms. The molecule has 1 N–H and O–H groups in total. The van der Waals surface area contributed by atoms with Crippen LogP contribution in [-0.2, 0) is 10.3 Å². The van der Waals surface area contributed by atoms with Crippen molar-refractivity contribution in [1.29, 1.82) is 0 Å². The number of aromatic nitrogens is 1. The van der Waals surface area contributed by atoms with Crippen molar-refractivity contribution in [2.75, 3.05) is 13.1 Å². The number of likely N-dealkylation sites (tertiary alicyclic amines) is 1. The fraction of sp³-hybridized carbons (Fsp3) is 0.700. The molecule has 1 saturated heterocycles. The minimum absolute atomic E-state index is 0.208. The van der Waals surface area contributed by atoms with E-state index in [9.17, 15) is 9.90 Å². The van der Waals surface area contributed by atoms with Gasteiger partial charge in [-0.1, -0.05) is 6.07 Å². The Bertz CT molecular complexity index is 636. The molecule has 1 aliphatic heterocycles. The number of nitrogens with zero attached hydrogens (tertiary/aromatic N) is 2. The number of amides is 1. The topological polar surface area (TPSA) is 62.7 Å². The third-order valence-electron chi connectivity index (χ3n) is 5.88. The van der Waals surface area contributed by atoms with Crippen molar-refractivity contribution >= 4 is 22.0 Å². The molecule has 2 fully saturated rings. The highest BCUT2D eigenvalue weighted by molar-refractivity contribution is 9.10. The van der Waals surface area contributed by atoms with Crippen molar-refractivity contribution in [3.63, 3.8) is 0 Å². The van der Waals surface area contributed by atoms with E-state index in [4.69, 9.17) is 4.74 Å². The van der Waals surface area contributed by atoms with Gasteiger partial charge in [0.2, 0.25) is 0 Å². The number of rotatable bonds is 1. The summed E-state index contributed by atoms with van der Waals surface area (Å²) in [4.78, 5) is 18.3. The van der Waals surface area contributed by atoms with Gasteiger partial charge in [-0.25, -0.2) is 9.78 Å². The van der Waals surface area contributed by atoms with E-state index in [0.717, 1.165) is 61.8 Å². The summed E-state index contributed by atoms with van der Waals surface area (Å²) >= 11 is 3.34. The molecule has 3 rings (SSSR count).